The van der Waals surface area contributed by atoms with Gasteiger partial charge in [-0.3, -0.25) is 13.9 Å². The fraction of sp³-hybridized carbons (Fsp3) is 0.200. The zero-order valence-corrected chi connectivity index (χ0v) is 20.5. The van der Waals surface area contributed by atoms with Crippen LogP contribution < -0.4 is 21.3 Å². The molecule has 0 radical (unpaired) electrons. The second kappa shape index (κ2) is 10.6. The number of hydrogen-bond donors (Lipinski definition) is 6. The Morgan fingerprint density at radius 1 is 1.03 bits per heavy atom. The molecule has 0 aromatic heterocycles. The van der Waals surface area contributed by atoms with Gasteiger partial charge in [0.15, 0.2) is 5.11 Å². The lowest BCUT2D eigenvalue weighted by molar-refractivity contribution is -0.114. The zero-order chi connectivity index (χ0) is 25.0. The summed E-state index contributed by atoms with van der Waals surface area (Å²) in [4.78, 5) is 30.2. The number of rotatable bonds is 7. The monoisotopic (exact) mass is 513 g/mol. The van der Waals surface area contributed by atoms with Crippen LogP contribution in [0.4, 0.5) is 11.4 Å². The Balaban J connectivity index is 2.47. The standard InChI is InChI=1S/C20H24N3O7PS2/c1-12(2)21-20(32)23-17-9-7-15(19(11-17)33(28,29)30)5-4-14-6-8-16(22-13(3)24)10-18(14)31(25,26)27/h4-12H,1-3H3,(H,22,24)(H2,21,23,32)(H2,25,26,27)(H,28,29,30)/b5-4+. The molecule has 2 rings (SSSR count). The van der Waals surface area contributed by atoms with Crippen LogP contribution in [0.1, 0.15) is 31.9 Å². The molecular weight excluding hydrogens is 489 g/mol. The molecule has 10 nitrogen and oxygen atoms in total. The van der Waals surface area contributed by atoms with E-state index in [1.807, 2.05) is 13.8 Å². The Kier molecular flexibility index (Phi) is 8.52. The number of carbonyl (C=O) groups is 1. The van der Waals surface area contributed by atoms with Crippen LogP contribution in [-0.4, -0.2) is 39.8 Å². The Morgan fingerprint density at radius 2 is 1.58 bits per heavy atom. The topological polar surface area (TPSA) is 165 Å². The summed E-state index contributed by atoms with van der Waals surface area (Å²) in [5, 5.41) is 8.11. The Morgan fingerprint density at radius 3 is 2.09 bits per heavy atom. The van der Waals surface area contributed by atoms with Crippen molar-refractivity contribution in [3.8, 4) is 0 Å². The predicted octanol–water partition coefficient (Wildman–Crippen LogP) is 2.56. The summed E-state index contributed by atoms with van der Waals surface area (Å²) in [7, 11) is -9.36. The molecule has 178 valence electrons. The van der Waals surface area contributed by atoms with Gasteiger partial charge in [0, 0.05) is 24.3 Å². The Bertz CT molecular complexity index is 1250. The SMILES string of the molecule is CC(=O)Nc1ccc(/C=C/c2ccc(NC(=S)NC(C)C)cc2S(=O)(=O)O)c(P(=O)(O)O)c1. The van der Waals surface area contributed by atoms with Crippen molar-refractivity contribution in [1.29, 1.82) is 0 Å². The third-order valence-electron chi connectivity index (χ3n) is 4.08. The van der Waals surface area contributed by atoms with Gasteiger partial charge >= 0.3 is 7.60 Å². The molecule has 0 aliphatic heterocycles. The number of nitrogens with one attached hydrogen (secondary N) is 3. The van der Waals surface area contributed by atoms with Gasteiger partial charge < -0.3 is 25.7 Å². The second-order valence-electron chi connectivity index (χ2n) is 7.31. The van der Waals surface area contributed by atoms with Crippen LogP contribution >= 0.6 is 19.8 Å². The van der Waals surface area contributed by atoms with Gasteiger partial charge in [-0.1, -0.05) is 24.3 Å². The molecule has 1 amide bonds. The minimum Gasteiger partial charge on any atom is -0.360 e. The van der Waals surface area contributed by atoms with E-state index in [0.717, 1.165) is 6.07 Å². The number of carbonyl (C=O) groups excluding carboxylic acids is 1. The average Bonchev–Trinajstić information content (AvgIpc) is 2.65. The van der Waals surface area contributed by atoms with E-state index in [1.54, 1.807) is 0 Å². The van der Waals surface area contributed by atoms with Crippen molar-refractivity contribution in [1.82, 2.24) is 5.32 Å². The van der Waals surface area contributed by atoms with Crippen LogP contribution in [-0.2, 0) is 19.5 Å². The summed E-state index contributed by atoms with van der Waals surface area (Å²) in [6, 6.07) is 8.13. The van der Waals surface area contributed by atoms with E-state index in [9.17, 15) is 32.1 Å². The molecule has 0 aliphatic carbocycles. The van der Waals surface area contributed by atoms with E-state index in [4.69, 9.17) is 12.2 Å². The van der Waals surface area contributed by atoms with E-state index in [-0.39, 0.29) is 33.3 Å². The van der Waals surface area contributed by atoms with Crippen LogP contribution in [0.15, 0.2) is 41.3 Å². The average molecular weight is 514 g/mol. The first-order chi connectivity index (χ1) is 15.2. The molecule has 0 bridgehead atoms. The van der Waals surface area contributed by atoms with E-state index < -0.39 is 28.5 Å². The number of anilines is 2. The van der Waals surface area contributed by atoms with Gasteiger partial charge in [-0.2, -0.15) is 8.42 Å². The van der Waals surface area contributed by atoms with Gasteiger partial charge in [0.05, 0.1) is 5.30 Å². The summed E-state index contributed by atoms with van der Waals surface area (Å²) in [5.74, 6) is -0.412. The molecule has 0 heterocycles. The van der Waals surface area contributed by atoms with Gasteiger partial charge in [0.2, 0.25) is 5.91 Å². The number of thiocarbonyl (C=S) groups is 1. The van der Waals surface area contributed by atoms with Crippen molar-refractivity contribution in [2.45, 2.75) is 31.7 Å². The van der Waals surface area contributed by atoms with Crippen LogP contribution in [0, 0.1) is 0 Å². The summed E-state index contributed by atoms with van der Waals surface area (Å²) in [5.41, 5.74) is 0.683. The minimum atomic E-state index is -4.73. The third-order valence-corrected chi connectivity index (χ3v) is 6.22. The zero-order valence-electron chi connectivity index (χ0n) is 17.9. The fourth-order valence-corrected chi connectivity index (χ4v) is 4.66. The van der Waals surface area contributed by atoms with Gasteiger partial charge in [0.1, 0.15) is 4.90 Å². The Hall–Kier alpha value is -2.60. The van der Waals surface area contributed by atoms with Gasteiger partial charge in [0.25, 0.3) is 10.1 Å². The lowest BCUT2D eigenvalue weighted by Gasteiger charge is -2.14. The van der Waals surface area contributed by atoms with Crippen molar-refractivity contribution in [3.63, 3.8) is 0 Å². The first-order valence-electron chi connectivity index (χ1n) is 9.51. The molecule has 0 fully saturated rings. The summed E-state index contributed by atoms with van der Waals surface area (Å²) < 4.78 is 45.5. The minimum absolute atomic E-state index is 0.0495. The highest BCUT2D eigenvalue weighted by Gasteiger charge is 2.22. The highest BCUT2D eigenvalue weighted by molar-refractivity contribution is 7.86. The molecule has 0 saturated heterocycles. The quantitative estimate of drug-likeness (QED) is 0.140. The molecule has 6 N–H and O–H groups in total. The third kappa shape index (κ3) is 8.04. The van der Waals surface area contributed by atoms with Crippen LogP contribution in [0.5, 0.6) is 0 Å². The first-order valence-corrected chi connectivity index (χ1v) is 13.0. The molecular formula is C20H24N3O7PS2. The Labute approximate surface area is 197 Å². The van der Waals surface area contributed by atoms with Crippen molar-refractivity contribution < 1.29 is 32.1 Å². The first kappa shape index (κ1) is 26.7. The molecule has 0 spiro atoms. The number of hydrogen-bond acceptors (Lipinski definition) is 5. The highest BCUT2D eigenvalue weighted by atomic mass is 32.2. The van der Waals surface area contributed by atoms with E-state index in [2.05, 4.69) is 16.0 Å². The molecule has 0 saturated carbocycles. The second-order valence-corrected chi connectivity index (χ2v) is 10.7. The maximum Gasteiger partial charge on any atom is 0.356 e. The van der Waals surface area contributed by atoms with Gasteiger partial charge in [-0.25, -0.2) is 0 Å². The fourth-order valence-electron chi connectivity index (χ4n) is 2.80. The molecule has 13 heteroatoms. The molecule has 33 heavy (non-hydrogen) atoms. The smallest absolute Gasteiger partial charge is 0.356 e. The van der Waals surface area contributed by atoms with Crippen molar-refractivity contribution in [2.24, 2.45) is 0 Å². The number of amides is 1. The predicted molar refractivity (Wildman–Crippen MR) is 132 cm³/mol. The van der Waals surface area contributed by atoms with E-state index in [1.165, 1.54) is 49.4 Å². The summed E-state index contributed by atoms with van der Waals surface area (Å²) in [6.07, 6.45) is 2.60. The molecule has 2 aromatic rings. The summed E-state index contributed by atoms with van der Waals surface area (Å²) in [6.45, 7) is 5.01. The van der Waals surface area contributed by atoms with E-state index >= 15 is 0 Å². The molecule has 2 aromatic carbocycles. The normalized spacial score (nSPS) is 12.1. The van der Waals surface area contributed by atoms with Gasteiger partial charge in [-0.05, 0) is 61.5 Å². The van der Waals surface area contributed by atoms with Crippen molar-refractivity contribution in [3.05, 3.63) is 47.5 Å². The van der Waals surface area contributed by atoms with Crippen LogP contribution in [0.3, 0.4) is 0 Å². The van der Waals surface area contributed by atoms with Gasteiger partial charge in [-0.15, -0.1) is 0 Å². The van der Waals surface area contributed by atoms with Crippen LogP contribution in [0.25, 0.3) is 12.2 Å². The lowest BCUT2D eigenvalue weighted by Crippen LogP contribution is -2.33. The van der Waals surface area contributed by atoms with E-state index in [0.29, 0.717) is 5.69 Å². The van der Waals surface area contributed by atoms with Crippen molar-refractivity contribution in [2.75, 3.05) is 10.6 Å². The largest absolute Gasteiger partial charge is 0.360 e. The maximum absolute atomic E-state index is 11.9. The molecule has 0 aliphatic rings. The maximum atomic E-state index is 11.9. The molecule has 0 unspecified atom stereocenters. The highest BCUT2D eigenvalue weighted by Crippen LogP contribution is 2.36. The molecule has 0 atom stereocenters. The summed E-state index contributed by atoms with van der Waals surface area (Å²) >= 11 is 5.13. The van der Waals surface area contributed by atoms with Crippen LogP contribution in [0.2, 0.25) is 0 Å². The lowest BCUT2D eigenvalue weighted by atomic mass is 10.1. The number of benzene rings is 2. The van der Waals surface area contributed by atoms with Crippen molar-refractivity contribution >= 4 is 69.8 Å².